The summed E-state index contributed by atoms with van der Waals surface area (Å²) in [5.74, 6) is 6.39. The molecule has 1 unspecified atom stereocenters. The van der Waals surface area contributed by atoms with Gasteiger partial charge in [-0.2, -0.15) is 0 Å². The maximum absolute atomic E-state index is 12.3. The highest BCUT2D eigenvalue weighted by atomic mass is 16.1. The fraction of sp³-hybridized carbons (Fsp3) is 0.812. The molecule has 4 aliphatic rings. The topological polar surface area (TPSA) is 55.1 Å². The third-order valence-electron chi connectivity index (χ3n) is 5.72. The normalized spacial score (nSPS) is 40.7. The number of nitrogens with one attached hydrogen (secondary N) is 1. The predicted molar refractivity (Wildman–Crippen MR) is 74.9 cm³/mol. The van der Waals surface area contributed by atoms with Crippen LogP contribution >= 0.6 is 0 Å². The van der Waals surface area contributed by atoms with Crippen molar-refractivity contribution in [3.63, 3.8) is 0 Å². The van der Waals surface area contributed by atoms with E-state index < -0.39 is 0 Å². The molecule has 19 heavy (non-hydrogen) atoms. The van der Waals surface area contributed by atoms with Crippen LogP contribution in [0, 0.1) is 47.9 Å². The second-order valence-corrected chi connectivity index (χ2v) is 6.77. The van der Waals surface area contributed by atoms with Gasteiger partial charge in [-0.1, -0.05) is 5.92 Å². The average molecular weight is 260 g/mol. The van der Waals surface area contributed by atoms with Gasteiger partial charge in [0, 0.05) is 6.54 Å². The quantitative estimate of drug-likeness (QED) is 0.750. The zero-order chi connectivity index (χ0) is 13.4. The Morgan fingerprint density at radius 2 is 1.79 bits per heavy atom. The van der Waals surface area contributed by atoms with Crippen LogP contribution in [0.2, 0.25) is 0 Å². The molecular weight excluding hydrogens is 236 g/mol. The van der Waals surface area contributed by atoms with Crippen LogP contribution in [-0.2, 0) is 4.79 Å². The Morgan fingerprint density at radius 3 is 2.26 bits per heavy atom. The van der Waals surface area contributed by atoms with E-state index in [2.05, 4.69) is 11.2 Å². The van der Waals surface area contributed by atoms with Gasteiger partial charge in [0.2, 0.25) is 5.91 Å². The molecule has 0 aromatic heterocycles. The van der Waals surface area contributed by atoms with Crippen LogP contribution < -0.4 is 11.1 Å². The number of amides is 1. The Labute approximate surface area is 115 Å². The molecule has 0 radical (unpaired) electrons. The summed E-state index contributed by atoms with van der Waals surface area (Å²) in [4.78, 5) is 12.3. The monoisotopic (exact) mass is 260 g/mol. The van der Waals surface area contributed by atoms with Crippen LogP contribution in [0.25, 0.3) is 0 Å². The number of nitrogens with two attached hydrogens (primary N) is 1. The van der Waals surface area contributed by atoms with Crippen molar-refractivity contribution in [2.75, 3.05) is 13.1 Å². The summed E-state index contributed by atoms with van der Waals surface area (Å²) in [5, 5.41) is 2.84. The van der Waals surface area contributed by atoms with E-state index in [1.54, 1.807) is 0 Å². The summed E-state index contributed by atoms with van der Waals surface area (Å²) < 4.78 is 0. The second kappa shape index (κ2) is 5.17. The van der Waals surface area contributed by atoms with Crippen molar-refractivity contribution in [1.82, 2.24) is 5.32 Å². The van der Waals surface area contributed by atoms with Crippen LogP contribution in [0.3, 0.4) is 0 Å². The van der Waals surface area contributed by atoms with Crippen molar-refractivity contribution in [3.8, 4) is 12.3 Å². The third-order valence-corrected chi connectivity index (χ3v) is 5.72. The zero-order valence-electron chi connectivity index (χ0n) is 11.5. The van der Waals surface area contributed by atoms with Gasteiger partial charge in [-0.25, -0.2) is 0 Å². The Balaban J connectivity index is 1.73. The summed E-state index contributed by atoms with van der Waals surface area (Å²) in [6.45, 7) is 0.784. The smallest absolute Gasteiger partial charge is 0.225 e. The predicted octanol–water partition coefficient (Wildman–Crippen LogP) is 1.38. The van der Waals surface area contributed by atoms with Crippen LogP contribution in [0.5, 0.6) is 0 Å². The molecule has 1 atom stereocenters. The highest BCUT2D eigenvalue weighted by Crippen LogP contribution is 2.58. The number of hydrogen-bond donors (Lipinski definition) is 2. The molecule has 0 saturated heterocycles. The molecule has 3 nitrogen and oxygen atoms in total. The molecule has 4 saturated carbocycles. The lowest BCUT2D eigenvalue weighted by Gasteiger charge is -2.56. The first kappa shape index (κ1) is 13.0. The molecule has 0 aromatic rings. The standard InChI is InChI=1S/C16H24N2O/c1-2-3-18-16(19)14(9-17)15-12-5-10-4-11(7-12)8-13(15)6-10/h1,10-15H,3-9,17H2,(H,18,19). The van der Waals surface area contributed by atoms with E-state index in [4.69, 9.17) is 12.2 Å². The van der Waals surface area contributed by atoms with Crippen molar-refractivity contribution in [2.24, 2.45) is 41.2 Å². The molecule has 0 aliphatic heterocycles. The van der Waals surface area contributed by atoms with Crippen LogP contribution in [0.4, 0.5) is 0 Å². The van der Waals surface area contributed by atoms with E-state index in [-0.39, 0.29) is 11.8 Å². The molecule has 104 valence electrons. The van der Waals surface area contributed by atoms with Gasteiger partial charge in [0.15, 0.2) is 0 Å². The van der Waals surface area contributed by atoms with Crippen LogP contribution in [-0.4, -0.2) is 19.0 Å². The van der Waals surface area contributed by atoms with Crippen molar-refractivity contribution in [3.05, 3.63) is 0 Å². The maximum atomic E-state index is 12.3. The lowest BCUT2D eigenvalue weighted by atomic mass is 9.49. The minimum atomic E-state index is -0.0247. The molecule has 3 N–H and O–H groups in total. The largest absolute Gasteiger partial charge is 0.345 e. The third kappa shape index (κ3) is 2.27. The summed E-state index contributed by atoms with van der Waals surface area (Å²) >= 11 is 0. The molecule has 0 spiro atoms. The fourth-order valence-corrected chi connectivity index (χ4v) is 5.33. The molecule has 1 amide bonds. The Morgan fingerprint density at radius 1 is 1.21 bits per heavy atom. The van der Waals surface area contributed by atoms with Crippen molar-refractivity contribution >= 4 is 5.91 Å². The molecular formula is C16H24N2O. The van der Waals surface area contributed by atoms with E-state index in [0.29, 0.717) is 19.0 Å². The van der Waals surface area contributed by atoms with E-state index in [1.165, 1.54) is 32.1 Å². The van der Waals surface area contributed by atoms with E-state index >= 15 is 0 Å². The summed E-state index contributed by atoms with van der Waals surface area (Å²) in [7, 11) is 0. The molecule has 3 heteroatoms. The first-order chi connectivity index (χ1) is 9.22. The minimum Gasteiger partial charge on any atom is -0.345 e. The summed E-state index contributed by atoms with van der Waals surface area (Å²) in [5.41, 5.74) is 5.91. The molecule has 0 aromatic carbocycles. The second-order valence-electron chi connectivity index (χ2n) is 6.77. The van der Waals surface area contributed by atoms with Gasteiger partial charge >= 0.3 is 0 Å². The highest BCUT2D eigenvalue weighted by molar-refractivity contribution is 5.79. The first-order valence-corrected chi connectivity index (χ1v) is 7.64. The lowest BCUT2D eigenvalue weighted by Crippen LogP contribution is -2.52. The Hall–Kier alpha value is -1.01. The van der Waals surface area contributed by atoms with Crippen LogP contribution in [0.15, 0.2) is 0 Å². The Bertz CT molecular complexity index is 370. The maximum Gasteiger partial charge on any atom is 0.225 e. The van der Waals surface area contributed by atoms with E-state index in [1.807, 2.05) is 0 Å². The van der Waals surface area contributed by atoms with Crippen molar-refractivity contribution in [1.29, 1.82) is 0 Å². The molecule has 4 fully saturated rings. The highest BCUT2D eigenvalue weighted by Gasteiger charge is 2.51. The van der Waals surface area contributed by atoms with E-state index in [9.17, 15) is 4.79 Å². The number of rotatable bonds is 4. The van der Waals surface area contributed by atoms with Gasteiger partial charge in [-0.3, -0.25) is 4.79 Å². The van der Waals surface area contributed by atoms with Gasteiger partial charge in [0.05, 0.1) is 12.5 Å². The molecule has 0 heterocycles. The molecule has 4 rings (SSSR count). The van der Waals surface area contributed by atoms with Gasteiger partial charge in [-0.05, 0) is 61.7 Å². The van der Waals surface area contributed by atoms with Crippen molar-refractivity contribution < 1.29 is 4.79 Å². The molecule has 4 aliphatic carbocycles. The van der Waals surface area contributed by atoms with Gasteiger partial charge in [0.25, 0.3) is 0 Å². The zero-order valence-corrected chi connectivity index (χ0v) is 11.5. The summed E-state index contributed by atoms with van der Waals surface area (Å²) in [6, 6.07) is 0. The minimum absolute atomic E-state index is 0.0247. The van der Waals surface area contributed by atoms with Crippen molar-refractivity contribution in [2.45, 2.75) is 32.1 Å². The number of terminal acetylenes is 1. The lowest BCUT2D eigenvalue weighted by molar-refractivity contribution is -0.133. The number of carbonyl (C=O) groups excluding carboxylic acids is 1. The first-order valence-electron chi connectivity index (χ1n) is 7.64. The summed E-state index contributed by atoms with van der Waals surface area (Å²) in [6.07, 6.45) is 12.0. The SMILES string of the molecule is C#CCNC(=O)C(CN)C1C2CC3CC(C2)CC1C3. The number of carbonyl (C=O) groups is 1. The van der Waals surface area contributed by atoms with E-state index in [0.717, 1.165) is 23.7 Å². The number of hydrogen-bond acceptors (Lipinski definition) is 2. The average Bonchev–Trinajstić information content (AvgIpc) is 2.39. The molecule has 4 bridgehead atoms. The van der Waals surface area contributed by atoms with Gasteiger partial charge < -0.3 is 11.1 Å². The van der Waals surface area contributed by atoms with Gasteiger partial charge in [0.1, 0.15) is 0 Å². The van der Waals surface area contributed by atoms with Crippen LogP contribution in [0.1, 0.15) is 32.1 Å². The Kier molecular flexibility index (Phi) is 3.54. The fourth-order valence-electron chi connectivity index (χ4n) is 5.33. The van der Waals surface area contributed by atoms with Gasteiger partial charge in [-0.15, -0.1) is 6.42 Å².